The number of carboxylic acid groups (broad SMARTS) is 1. The summed E-state index contributed by atoms with van der Waals surface area (Å²) < 4.78 is 5.73. The Morgan fingerprint density at radius 2 is 2.05 bits per heavy atom. The van der Waals surface area contributed by atoms with Crippen molar-refractivity contribution in [1.82, 2.24) is 5.32 Å². The fourth-order valence-electron chi connectivity index (χ4n) is 1.71. The highest BCUT2D eigenvalue weighted by Gasteiger charge is 2.18. The van der Waals surface area contributed by atoms with Gasteiger partial charge >= 0.3 is 12.0 Å². The molecule has 0 bridgehead atoms. The van der Waals surface area contributed by atoms with Crippen molar-refractivity contribution in [3.63, 3.8) is 0 Å². The number of aromatic carboxylic acids is 1. The third kappa shape index (κ3) is 5.35. The summed E-state index contributed by atoms with van der Waals surface area (Å²) in [6, 6.07) is 3.96. The number of carboxylic acids is 1. The van der Waals surface area contributed by atoms with E-state index in [2.05, 4.69) is 26.6 Å². The van der Waals surface area contributed by atoms with Gasteiger partial charge in [-0.05, 0) is 24.1 Å². The van der Waals surface area contributed by atoms with E-state index in [0.29, 0.717) is 11.1 Å². The molecule has 1 atom stereocenters. The summed E-state index contributed by atoms with van der Waals surface area (Å²) in [5, 5.41) is 14.4. The molecule has 21 heavy (non-hydrogen) atoms. The quantitative estimate of drug-likeness (QED) is 0.729. The van der Waals surface area contributed by atoms with Crippen LogP contribution in [0.1, 0.15) is 24.2 Å². The highest BCUT2D eigenvalue weighted by atomic mass is 79.9. The van der Waals surface area contributed by atoms with Gasteiger partial charge in [-0.3, -0.25) is 0 Å². The molecular weight excluding hydrogens is 340 g/mol. The van der Waals surface area contributed by atoms with Crippen LogP contribution in [0.2, 0.25) is 0 Å². The number of nitrogens with one attached hydrogen (secondary N) is 2. The van der Waals surface area contributed by atoms with Crippen molar-refractivity contribution in [3.8, 4) is 0 Å². The topological polar surface area (TPSA) is 87.7 Å². The van der Waals surface area contributed by atoms with E-state index in [0.717, 1.165) is 0 Å². The van der Waals surface area contributed by atoms with Crippen LogP contribution in [0.25, 0.3) is 0 Å². The Kier molecular flexibility index (Phi) is 6.64. The maximum Gasteiger partial charge on any atom is 0.337 e. The zero-order valence-corrected chi connectivity index (χ0v) is 13.7. The maximum absolute atomic E-state index is 12.0. The summed E-state index contributed by atoms with van der Waals surface area (Å²) in [4.78, 5) is 23.1. The number of ether oxygens (including phenoxy) is 1. The van der Waals surface area contributed by atoms with Crippen LogP contribution >= 0.6 is 15.9 Å². The first-order valence-corrected chi connectivity index (χ1v) is 7.23. The first-order chi connectivity index (χ1) is 9.85. The van der Waals surface area contributed by atoms with Crippen LogP contribution in [0.15, 0.2) is 22.7 Å². The number of anilines is 1. The van der Waals surface area contributed by atoms with Crippen molar-refractivity contribution >= 4 is 33.6 Å². The Balaban J connectivity index is 2.83. The lowest BCUT2D eigenvalue weighted by atomic mass is 10.1. The molecule has 0 aliphatic heterocycles. The average Bonchev–Trinajstić information content (AvgIpc) is 2.37. The molecule has 1 unspecified atom stereocenters. The number of carbonyl (C=O) groups is 2. The van der Waals surface area contributed by atoms with Gasteiger partial charge < -0.3 is 20.5 Å². The first kappa shape index (κ1) is 17.5. The van der Waals surface area contributed by atoms with E-state index in [-0.39, 0.29) is 23.2 Å². The number of methoxy groups -OCH3 is 1. The normalized spacial score (nSPS) is 12.0. The molecule has 0 aliphatic rings. The number of carbonyl (C=O) groups excluding carboxylic acids is 1. The van der Waals surface area contributed by atoms with E-state index in [1.807, 2.05) is 13.8 Å². The molecule has 0 fully saturated rings. The van der Waals surface area contributed by atoms with Gasteiger partial charge in [0.15, 0.2) is 0 Å². The molecule has 0 heterocycles. The number of amides is 2. The molecule has 1 rings (SSSR count). The number of benzene rings is 1. The Bertz CT molecular complexity index is 520. The fraction of sp³-hybridized carbons (Fsp3) is 0.429. The molecule has 0 aromatic heterocycles. The largest absolute Gasteiger partial charge is 0.478 e. The second-order valence-electron chi connectivity index (χ2n) is 4.90. The number of hydrogen-bond acceptors (Lipinski definition) is 3. The van der Waals surface area contributed by atoms with Crippen molar-refractivity contribution in [2.24, 2.45) is 5.92 Å². The lowest BCUT2D eigenvalue weighted by molar-refractivity contribution is 0.0698. The summed E-state index contributed by atoms with van der Waals surface area (Å²) in [7, 11) is 1.56. The summed E-state index contributed by atoms with van der Waals surface area (Å²) in [5.74, 6) is -0.910. The van der Waals surface area contributed by atoms with E-state index in [1.54, 1.807) is 19.2 Å². The van der Waals surface area contributed by atoms with Crippen molar-refractivity contribution in [2.75, 3.05) is 19.0 Å². The van der Waals surface area contributed by atoms with E-state index >= 15 is 0 Å². The molecule has 6 nitrogen and oxygen atoms in total. The van der Waals surface area contributed by atoms with E-state index in [9.17, 15) is 9.59 Å². The van der Waals surface area contributed by atoms with Crippen molar-refractivity contribution in [1.29, 1.82) is 0 Å². The molecule has 0 spiro atoms. The molecule has 7 heteroatoms. The first-order valence-electron chi connectivity index (χ1n) is 6.44. The SMILES string of the molecule is COCC(NC(=O)Nc1cc(Br)ccc1C(=O)O)C(C)C. The molecule has 1 aromatic carbocycles. The molecule has 1 aromatic rings. The van der Waals surface area contributed by atoms with E-state index < -0.39 is 12.0 Å². The molecule has 0 saturated carbocycles. The Morgan fingerprint density at radius 1 is 1.38 bits per heavy atom. The fourth-order valence-corrected chi connectivity index (χ4v) is 2.07. The number of hydrogen-bond donors (Lipinski definition) is 3. The molecule has 0 radical (unpaired) electrons. The standard InChI is InChI=1S/C14H19BrN2O4/c1-8(2)12(7-21-3)17-14(20)16-11-6-9(15)4-5-10(11)13(18)19/h4-6,8,12H,7H2,1-3H3,(H,18,19)(H2,16,17,20). The Morgan fingerprint density at radius 3 is 2.57 bits per heavy atom. The molecule has 2 amide bonds. The van der Waals surface area contributed by atoms with Crippen LogP contribution < -0.4 is 10.6 Å². The van der Waals surface area contributed by atoms with Gasteiger partial charge in [0.1, 0.15) is 0 Å². The van der Waals surface area contributed by atoms with Crippen LogP contribution in [0.4, 0.5) is 10.5 Å². The van der Waals surface area contributed by atoms with Gasteiger partial charge in [0.2, 0.25) is 0 Å². The average molecular weight is 359 g/mol. The van der Waals surface area contributed by atoms with Crippen LogP contribution in [-0.2, 0) is 4.74 Å². The molecule has 116 valence electrons. The molecule has 0 aliphatic carbocycles. The van der Waals surface area contributed by atoms with Crippen molar-refractivity contribution < 1.29 is 19.4 Å². The zero-order chi connectivity index (χ0) is 16.0. The van der Waals surface area contributed by atoms with Gasteiger partial charge in [-0.1, -0.05) is 29.8 Å². The minimum atomic E-state index is -1.10. The predicted molar refractivity (Wildman–Crippen MR) is 83.8 cm³/mol. The third-order valence-corrected chi connectivity index (χ3v) is 3.42. The third-order valence-electron chi connectivity index (χ3n) is 2.93. The Labute approximate surface area is 132 Å². The summed E-state index contributed by atoms with van der Waals surface area (Å²) >= 11 is 3.25. The summed E-state index contributed by atoms with van der Waals surface area (Å²) in [6.07, 6.45) is 0. The lowest BCUT2D eigenvalue weighted by Crippen LogP contribution is -2.43. The van der Waals surface area contributed by atoms with Gasteiger partial charge in [-0.2, -0.15) is 0 Å². The minimum Gasteiger partial charge on any atom is -0.478 e. The van der Waals surface area contributed by atoms with Crippen LogP contribution in [0.5, 0.6) is 0 Å². The maximum atomic E-state index is 12.0. The van der Waals surface area contributed by atoms with Gasteiger partial charge in [0.25, 0.3) is 0 Å². The van der Waals surface area contributed by atoms with Gasteiger partial charge in [-0.15, -0.1) is 0 Å². The Hall–Kier alpha value is -1.60. The van der Waals surface area contributed by atoms with E-state index in [1.165, 1.54) is 6.07 Å². The number of halogens is 1. The van der Waals surface area contributed by atoms with Gasteiger partial charge in [-0.25, -0.2) is 9.59 Å². The van der Waals surface area contributed by atoms with Crippen LogP contribution in [0, 0.1) is 5.92 Å². The van der Waals surface area contributed by atoms with Crippen LogP contribution in [0.3, 0.4) is 0 Å². The van der Waals surface area contributed by atoms with E-state index in [4.69, 9.17) is 9.84 Å². The smallest absolute Gasteiger partial charge is 0.337 e. The summed E-state index contributed by atoms with van der Waals surface area (Å²) in [5.41, 5.74) is 0.260. The monoisotopic (exact) mass is 358 g/mol. The molecule has 3 N–H and O–H groups in total. The van der Waals surface area contributed by atoms with Gasteiger partial charge in [0.05, 0.1) is 23.9 Å². The van der Waals surface area contributed by atoms with Crippen molar-refractivity contribution in [2.45, 2.75) is 19.9 Å². The second kappa shape index (κ2) is 7.99. The number of urea groups is 1. The number of rotatable bonds is 6. The lowest BCUT2D eigenvalue weighted by Gasteiger charge is -2.22. The highest BCUT2D eigenvalue weighted by molar-refractivity contribution is 9.10. The van der Waals surface area contributed by atoms with Crippen molar-refractivity contribution in [3.05, 3.63) is 28.2 Å². The van der Waals surface area contributed by atoms with Crippen LogP contribution in [-0.4, -0.2) is 36.9 Å². The molecular formula is C14H19BrN2O4. The predicted octanol–water partition coefficient (Wildman–Crippen LogP) is 2.94. The van der Waals surface area contributed by atoms with Gasteiger partial charge in [0, 0.05) is 11.6 Å². The second-order valence-corrected chi connectivity index (χ2v) is 5.82. The molecule has 0 saturated heterocycles. The minimum absolute atomic E-state index is 0.0289. The highest BCUT2D eigenvalue weighted by Crippen LogP contribution is 2.21. The summed E-state index contributed by atoms with van der Waals surface area (Å²) in [6.45, 7) is 4.31. The zero-order valence-electron chi connectivity index (χ0n) is 12.1.